The zero-order chi connectivity index (χ0) is 12.3. The molecule has 0 saturated carbocycles. The predicted octanol–water partition coefficient (Wildman–Crippen LogP) is -0.166. The van der Waals surface area contributed by atoms with Crippen LogP contribution in [0, 0.1) is 5.92 Å². The van der Waals surface area contributed by atoms with Crippen LogP contribution in [0.15, 0.2) is 0 Å². The quantitative estimate of drug-likeness (QED) is 0.618. The minimum Gasteiger partial charge on any atom is -0.361 e. The lowest BCUT2D eigenvalue weighted by Crippen LogP contribution is -2.48. The van der Waals surface area contributed by atoms with Gasteiger partial charge in [0.1, 0.15) is 5.60 Å². The molecule has 0 spiro atoms. The molecule has 1 saturated heterocycles. The van der Waals surface area contributed by atoms with E-state index in [-0.39, 0.29) is 18.2 Å². The average molecular weight is 228 g/mol. The van der Waals surface area contributed by atoms with Crippen molar-refractivity contribution in [1.82, 2.24) is 5.32 Å². The maximum atomic E-state index is 12.0. The number of nitrogens with two attached hydrogens (primary N) is 1. The summed E-state index contributed by atoms with van der Waals surface area (Å²) >= 11 is 0. The van der Waals surface area contributed by atoms with Crippen molar-refractivity contribution < 1.29 is 14.3 Å². The van der Waals surface area contributed by atoms with Crippen LogP contribution >= 0.6 is 0 Å². The van der Waals surface area contributed by atoms with Crippen LogP contribution < -0.4 is 11.1 Å². The Hall–Kier alpha value is -0.940. The molecule has 0 aliphatic carbocycles. The second kappa shape index (κ2) is 4.93. The minimum atomic E-state index is -0.693. The van der Waals surface area contributed by atoms with Gasteiger partial charge >= 0.3 is 0 Å². The number of hydrogen-bond acceptors (Lipinski definition) is 4. The van der Waals surface area contributed by atoms with Gasteiger partial charge in [0.2, 0.25) is 5.91 Å². The normalized spacial score (nSPS) is 25.3. The largest absolute Gasteiger partial charge is 0.361 e. The standard InChI is InChI=1S/C11H20N2O3/c1-7(2)4-8(13-9(14)5-12)10(15)11(3)6-16-11/h7-8H,4-6,12H2,1-3H3,(H,13,14)/t8-,11+/m0/s1. The van der Waals surface area contributed by atoms with Crippen molar-refractivity contribution in [3.8, 4) is 0 Å². The van der Waals surface area contributed by atoms with E-state index in [9.17, 15) is 9.59 Å². The van der Waals surface area contributed by atoms with Crippen LogP contribution in [-0.4, -0.2) is 36.5 Å². The Morgan fingerprint density at radius 3 is 2.44 bits per heavy atom. The van der Waals surface area contributed by atoms with Crippen LogP contribution in [-0.2, 0) is 14.3 Å². The van der Waals surface area contributed by atoms with E-state index in [4.69, 9.17) is 10.5 Å². The van der Waals surface area contributed by atoms with Gasteiger partial charge in [-0.2, -0.15) is 0 Å². The number of amides is 1. The second-order valence-electron chi connectivity index (χ2n) is 4.84. The van der Waals surface area contributed by atoms with Crippen LogP contribution in [0.5, 0.6) is 0 Å². The third-order valence-corrected chi connectivity index (χ3v) is 2.64. The van der Waals surface area contributed by atoms with Gasteiger partial charge < -0.3 is 15.8 Å². The first-order valence-corrected chi connectivity index (χ1v) is 5.56. The van der Waals surface area contributed by atoms with E-state index in [2.05, 4.69) is 5.32 Å². The van der Waals surface area contributed by atoms with Gasteiger partial charge in [-0.25, -0.2) is 0 Å². The molecule has 1 heterocycles. The summed E-state index contributed by atoms with van der Waals surface area (Å²) in [7, 11) is 0. The molecule has 5 nitrogen and oxygen atoms in total. The number of hydrogen-bond donors (Lipinski definition) is 2. The highest BCUT2D eigenvalue weighted by molar-refractivity contribution is 5.96. The third-order valence-electron chi connectivity index (χ3n) is 2.64. The van der Waals surface area contributed by atoms with E-state index >= 15 is 0 Å². The highest BCUT2D eigenvalue weighted by atomic mass is 16.6. The van der Waals surface area contributed by atoms with E-state index in [1.165, 1.54) is 0 Å². The highest BCUT2D eigenvalue weighted by Crippen LogP contribution is 2.29. The molecule has 1 aliphatic rings. The molecular formula is C11H20N2O3. The second-order valence-corrected chi connectivity index (χ2v) is 4.84. The Labute approximate surface area is 95.7 Å². The third kappa shape index (κ3) is 3.28. The predicted molar refractivity (Wildman–Crippen MR) is 59.8 cm³/mol. The van der Waals surface area contributed by atoms with Crippen LogP contribution in [0.2, 0.25) is 0 Å². The Morgan fingerprint density at radius 2 is 2.06 bits per heavy atom. The van der Waals surface area contributed by atoms with Gasteiger partial charge in [0.25, 0.3) is 0 Å². The van der Waals surface area contributed by atoms with Gasteiger partial charge in [-0.3, -0.25) is 9.59 Å². The summed E-state index contributed by atoms with van der Waals surface area (Å²) in [5, 5.41) is 2.65. The fraction of sp³-hybridized carbons (Fsp3) is 0.818. The molecule has 16 heavy (non-hydrogen) atoms. The fourth-order valence-electron chi connectivity index (χ4n) is 1.58. The minimum absolute atomic E-state index is 0.0528. The van der Waals surface area contributed by atoms with Crippen LogP contribution in [0.25, 0.3) is 0 Å². The van der Waals surface area contributed by atoms with E-state index < -0.39 is 11.6 Å². The molecule has 0 aromatic carbocycles. The Kier molecular flexibility index (Phi) is 4.04. The van der Waals surface area contributed by atoms with Crippen LogP contribution in [0.1, 0.15) is 27.2 Å². The summed E-state index contributed by atoms with van der Waals surface area (Å²) in [6.45, 7) is 6.10. The number of carbonyl (C=O) groups is 2. The molecule has 1 rings (SSSR count). The average Bonchev–Trinajstić information content (AvgIpc) is 2.94. The molecule has 1 aliphatic heterocycles. The molecule has 0 aromatic rings. The summed E-state index contributed by atoms with van der Waals surface area (Å²) in [5.41, 5.74) is 4.53. The summed E-state index contributed by atoms with van der Waals surface area (Å²) in [6, 6.07) is -0.483. The fourth-order valence-corrected chi connectivity index (χ4v) is 1.58. The molecule has 1 fully saturated rings. The van der Waals surface area contributed by atoms with Gasteiger partial charge in [-0.1, -0.05) is 13.8 Å². The molecule has 0 unspecified atom stereocenters. The van der Waals surface area contributed by atoms with E-state index in [0.29, 0.717) is 18.9 Å². The zero-order valence-corrected chi connectivity index (χ0v) is 10.1. The van der Waals surface area contributed by atoms with E-state index in [1.54, 1.807) is 6.92 Å². The first-order chi connectivity index (χ1) is 7.39. The van der Waals surface area contributed by atoms with Crippen molar-refractivity contribution in [2.45, 2.75) is 38.8 Å². The van der Waals surface area contributed by atoms with Crippen molar-refractivity contribution in [3.05, 3.63) is 0 Å². The number of carbonyl (C=O) groups excluding carboxylic acids is 2. The van der Waals surface area contributed by atoms with Gasteiger partial charge in [0, 0.05) is 0 Å². The first-order valence-electron chi connectivity index (χ1n) is 5.56. The topological polar surface area (TPSA) is 84.7 Å². The zero-order valence-electron chi connectivity index (χ0n) is 10.1. The van der Waals surface area contributed by atoms with Gasteiger partial charge in [0.15, 0.2) is 5.78 Å². The van der Waals surface area contributed by atoms with Crippen molar-refractivity contribution in [1.29, 1.82) is 0 Å². The molecule has 0 radical (unpaired) electrons. The monoisotopic (exact) mass is 228 g/mol. The Morgan fingerprint density at radius 1 is 1.50 bits per heavy atom. The molecule has 0 bridgehead atoms. The number of ether oxygens (including phenoxy) is 1. The summed E-state index contributed by atoms with van der Waals surface area (Å²) in [5.74, 6) is -0.0272. The van der Waals surface area contributed by atoms with Crippen molar-refractivity contribution in [2.24, 2.45) is 11.7 Å². The maximum absolute atomic E-state index is 12.0. The lowest BCUT2D eigenvalue weighted by atomic mass is 9.93. The lowest BCUT2D eigenvalue weighted by Gasteiger charge is -2.20. The molecule has 1 amide bonds. The van der Waals surface area contributed by atoms with Crippen LogP contribution in [0.3, 0.4) is 0 Å². The first kappa shape index (κ1) is 13.1. The maximum Gasteiger partial charge on any atom is 0.234 e. The van der Waals surface area contributed by atoms with Crippen molar-refractivity contribution in [3.63, 3.8) is 0 Å². The molecule has 2 atom stereocenters. The molecule has 5 heteroatoms. The summed E-state index contributed by atoms with van der Waals surface area (Å²) < 4.78 is 5.10. The molecule has 0 aromatic heterocycles. The number of nitrogens with one attached hydrogen (secondary N) is 1. The SMILES string of the molecule is CC(C)C[C@H](NC(=O)CN)C(=O)[C@@]1(C)CO1. The highest BCUT2D eigenvalue weighted by Gasteiger charge is 2.49. The number of epoxide rings is 1. The molecule has 3 N–H and O–H groups in total. The molecular weight excluding hydrogens is 208 g/mol. The summed E-state index contributed by atoms with van der Waals surface area (Å²) in [6.07, 6.45) is 0.615. The van der Waals surface area contributed by atoms with Gasteiger partial charge in [-0.15, -0.1) is 0 Å². The smallest absolute Gasteiger partial charge is 0.234 e. The van der Waals surface area contributed by atoms with Crippen LogP contribution in [0.4, 0.5) is 0 Å². The Balaban J connectivity index is 2.63. The number of ketones is 1. The van der Waals surface area contributed by atoms with Crippen molar-refractivity contribution in [2.75, 3.05) is 13.2 Å². The Bertz CT molecular complexity index is 285. The van der Waals surface area contributed by atoms with E-state index in [0.717, 1.165) is 0 Å². The van der Waals surface area contributed by atoms with Crippen molar-refractivity contribution >= 4 is 11.7 Å². The lowest BCUT2D eigenvalue weighted by molar-refractivity contribution is -0.130. The summed E-state index contributed by atoms with van der Waals surface area (Å²) in [4.78, 5) is 23.3. The van der Waals surface area contributed by atoms with E-state index in [1.807, 2.05) is 13.8 Å². The van der Waals surface area contributed by atoms with Gasteiger partial charge in [-0.05, 0) is 19.3 Å². The van der Waals surface area contributed by atoms with Gasteiger partial charge in [0.05, 0.1) is 19.2 Å². The molecule has 92 valence electrons. The number of Topliss-reactive ketones (excluding diaryl/α,β-unsaturated/α-hetero) is 1. The number of rotatable bonds is 6.